The van der Waals surface area contributed by atoms with Gasteiger partial charge in [-0.15, -0.1) is 0 Å². The highest BCUT2D eigenvalue weighted by Crippen LogP contribution is 2.39. The van der Waals surface area contributed by atoms with Crippen molar-refractivity contribution >= 4 is 12.0 Å². The summed E-state index contributed by atoms with van der Waals surface area (Å²) in [6, 6.07) is -0.223. The van der Waals surface area contributed by atoms with Gasteiger partial charge in [-0.3, -0.25) is 0 Å². The molecule has 1 fully saturated rings. The van der Waals surface area contributed by atoms with E-state index in [0.29, 0.717) is 12.4 Å². The molecular formula is C14H22N4O3. The van der Waals surface area contributed by atoms with Crippen molar-refractivity contribution in [3.8, 4) is 0 Å². The maximum absolute atomic E-state index is 11.9. The lowest BCUT2D eigenvalue weighted by molar-refractivity contribution is 0.0690. The van der Waals surface area contributed by atoms with Crippen LogP contribution in [0.3, 0.4) is 0 Å². The lowest BCUT2D eigenvalue weighted by atomic mass is 9.76. The fourth-order valence-corrected chi connectivity index (χ4v) is 2.46. The second-order valence-corrected chi connectivity index (χ2v) is 5.47. The standard InChI is InChI=1S/C14H22N4O3/c1-2-3-4-8-15-13(21)18-14(6-5-7-14)12-16-9-10(17-12)11(19)20/h9H,2-8H2,1H3,(H,16,17)(H,19,20)(H2,15,18,21). The summed E-state index contributed by atoms with van der Waals surface area (Å²) in [4.78, 5) is 29.7. The highest BCUT2D eigenvalue weighted by Gasteiger charge is 2.42. The summed E-state index contributed by atoms with van der Waals surface area (Å²) in [6.45, 7) is 2.76. The lowest BCUT2D eigenvalue weighted by Crippen LogP contribution is -2.54. The van der Waals surface area contributed by atoms with Crippen LogP contribution in [-0.4, -0.2) is 33.6 Å². The molecule has 7 heteroatoms. The largest absolute Gasteiger partial charge is 0.477 e. The molecule has 1 aliphatic carbocycles. The van der Waals surface area contributed by atoms with E-state index in [1.54, 1.807) is 0 Å². The monoisotopic (exact) mass is 294 g/mol. The Morgan fingerprint density at radius 3 is 2.71 bits per heavy atom. The number of imidazole rings is 1. The van der Waals surface area contributed by atoms with Gasteiger partial charge < -0.3 is 20.7 Å². The van der Waals surface area contributed by atoms with Gasteiger partial charge in [0.05, 0.1) is 11.7 Å². The number of aromatic carboxylic acids is 1. The number of carbonyl (C=O) groups is 2. The number of nitrogens with one attached hydrogen (secondary N) is 3. The smallest absolute Gasteiger partial charge is 0.353 e. The zero-order valence-electron chi connectivity index (χ0n) is 12.2. The number of aromatic amines is 1. The first-order valence-electron chi connectivity index (χ1n) is 7.42. The number of H-pyrrole nitrogens is 1. The zero-order valence-corrected chi connectivity index (χ0v) is 12.2. The predicted molar refractivity (Wildman–Crippen MR) is 77.1 cm³/mol. The molecule has 4 N–H and O–H groups in total. The molecule has 0 saturated heterocycles. The van der Waals surface area contributed by atoms with E-state index in [4.69, 9.17) is 5.11 Å². The number of urea groups is 1. The number of carboxylic acids is 1. The zero-order chi connectivity index (χ0) is 15.3. The van der Waals surface area contributed by atoms with Gasteiger partial charge in [0.1, 0.15) is 11.5 Å². The van der Waals surface area contributed by atoms with Gasteiger partial charge in [-0.1, -0.05) is 19.8 Å². The van der Waals surface area contributed by atoms with Crippen LogP contribution in [-0.2, 0) is 5.54 Å². The van der Waals surface area contributed by atoms with Crippen molar-refractivity contribution in [2.75, 3.05) is 6.54 Å². The molecule has 2 rings (SSSR count). The van der Waals surface area contributed by atoms with Crippen LogP contribution in [0.15, 0.2) is 6.20 Å². The molecule has 0 unspecified atom stereocenters. The Balaban J connectivity index is 1.94. The first-order chi connectivity index (χ1) is 10.1. The van der Waals surface area contributed by atoms with Gasteiger partial charge in [-0.05, 0) is 25.7 Å². The Morgan fingerprint density at radius 1 is 1.43 bits per heavy atom. The summed E-state index contributed by atoms with van der Waals surface area (Å²) in [7, 11) is 0. The quantitative estimate of drug-likeness (QED) is 0.577. The average Bonchev–Trinajstić information content (AvgIpc) is 2.89. The molecule has 7 nitrogen and oxygen atoms in total. The number of carbonyl (C=O) groups excluding carboxylic acids is 1. The Labute approximate surface area is 123 Å². The lowest BCUT2D eigenvalue weighted by Gasteiger charge is -2.40. The summed E-state index contributed by atoms with van der Waals surface area (Å²) in [6.07, 6.45) is 6.96. The van der Waals surface area contributed by atoms with Crippen LogP contribution in [0.5, 0.6) is 0 Å². The molecule has 1 heterocycles. The van der Waals surface area contributed by atoms with Crippen molar-refractivity contribution in [2.24, 2.45) is 0 Å². The van der Waals surface area contributed by atoms with Crippen molar-refractivity contribution in [2.45, 2.75) is 51.0 Å². The van der Waals surface area contributed by atoms with Gasteiger partial charge in [0.25, 0.3) is 0 Å². The van der Waals surface area contributed by atoms with E-state index in [9.17, 15) is 9.59 Å². The average molecular weight is 294 g/mol. The van der Waals surface area contributed by atoms with E-state index in [0.717, 1.165) is 38.5 Å². The molecular weight excluding hydrogens is 272 g/mol. The summed E-state index contributed by atoms with van der Waals surface area (Å²) in [5.41, 5.74) is -0.510. The molecule has 1 aliphatic rings. The number of hydrogen-bond donors (Lipinski definition) is 4. The molecule has 1 saturated carbocycles. The molecule has 0 aliphatic heterocycles. The van der Waals surface area contributed by atoms with E-state index in [1.165, 1.54) is 6.20 Å². The Hall–Kier alpha value is -2.05. The minimum absolute atomic E-state index is 0.0430. The maximum atomic E-state index is 11.9. The van der Waals surface area contributed by atoms with Crippen LogP contribution in [0.4, 0.5) is 4.79 Å². The summed E-state index contributed by atoms with van der Waals surface area (Å²) < 4.78 is 0. The molecule has 0 aromatic carbocycles. The van der Waals surface area contributed by atoms with Gasteiger partial charge >= 0.3 is 12.0 Å². The number of rotatable bonds is 7. The fraction of sp³-hybridized carbons (Fsp3) is 0.643. The van der Waals surface area contributed by atoms with Crippen molar-refractivity contribution in [3.05, 3.63) is 17.7 Å². The van der Waals surface area contributed by atoms with Gasteiger partial charge in [-0.25, -0.2) is 14.6 Å². The Bertz CT molecular complexity index is 508. The van der Waals surface area contributed by atoms with Crippen molar-refractivity contribution in [1.29, 1.82) is 0 Å². The van der Waals surface area contributed by atoms with Gasteiger partial charge in [0, 0.05) is 6.54 Å². The summed E-state index contributed by atoms with van der Waals surface area (Å²) in [5, 5.41) is 14.7. The van der Waals surface area contributed by atoms with Crippen LogP contribution in [0.2, 0.25) is 0 Å². The van der Waals surface area contributed by atoms with E-state index in [1.807, 2.05) is 0 Å². The third-order valence-electron chi connectivity index (χ3n) is 3.89. The topological polar surface area (TPSA) is 107 Å². The number of carboxylic acid groups (broad SMARTS) is 1. The van der Waals surface area contributed by atoms with E-state index in [2.05, 4.69) is 27.5 Å². The predicted octanol–water partition coefficient (Wildman–Crippen LogP) is 1.98. The maximum Gasteiger partial charge on any atom is 0.353 e. The number of hydrogen-bond acceptors (Lipinski definition) is 3. The number of nitrogens with zero attached hydrogens (tertiary/aromatic N) is 1. The highest BCUT2D eigenvalue weighted by atomic mass is 16.4. The molecule has 2 amide bonds. The third-order valence-corrected chi connectivity index (χ3v) is 3.89. The highest BCUT2D eigenvalue weighted by molar-refractivity contribution is 5.85. The molecule has 0 spiro atoms. The second-order valence-electron chi connectivity index (χ2n) is 5.47. The van der Waals surface area contributed by atoms with E-state index < -0.39 is 11.5 Å². The first-order valence-corrected chi connectivity index (χ1v) is 7.42. The Kier molecular flexibility index (Phi) is 4.82. The number of unbranched alkanes of at least 4 members (excludes halogenated alkanes) is 2. The summed E-state index contributed by atoms with van der Waals surface area (Å²) in [5.74, 6) is -0.526. The summed E-state index contributed by atoms with van der Waals surface area (Å²) >= 11 is 0. The van der Waals surface area contributed by atoms with Crippen molar-refractivity contribution in [3.63, 3.8) is 0 Å². The van der Waals surface area contributed by atoms with Crippen LogP contribution < -0.4 is 10.6 Å². The SMILES string of the molecule is CCCCCNC(=O)NC1(c2ncc(C(=O)O)[nH]2)CCC1. The van der Waals surface area contributed by atoms with Crippen LogP contribution in [0, 0.1) is 0 Å². The minimum atomic E-state index is -1.05. The third kappa shape index (κ3) is 3.53. The molecule has 0 bridgehead atoms. The second kappa shape index (κ2) is 6.60. The van der Waals surface area contributed by atoms with Gasteiger partial charge in [-0.2, -0.15) is 0 Å². The van der Waals surface area contributed by atoms with E-state index in [-0.39, 0.29) is 11.7 Å². The molecule has 0 atom stereocenters. The van der Waals surface area contributed by atoms with Crippen LogP contribution in [0.1, 0.15) is 61.8 Å². The molecule has 0 radical (unpaired) electrons. The van der Waals surface area contributed by atoms with Gasteiger partial charge in [0.2, 0.25) is 0 Å². The van der Waals surface area contributed by atoms with Crippen LogP contribution >= 0.6 is 0 Å². The minimum Gasteiger partial charge on any atom is -0.477 e. The molecule has 21 heavy (non-hydrogen) atoms. The normalized spacial score (nSPS) is 16.0. The van der Waals surface area contributed by atoms with Crippen molar-refractivity contribution in [1.82, 2.24) is 20.6 Å². The van der Waals surface area contributed by atoms with Crippen molar-refractivity contribution < 1.29 is 14.7 Å². The Morgan fingerprint density at radius 2 is 2.19 bits per heavy atom. The molecule has 1 aromatic heterocycles. The number of aromatic nitrogens is 2. The fourth-order valence-electron chi connectivity index (χ4n) is 2.46. The number of amides is 2. The van der Waals surface area contributed by atoms with E-state index >= 15 is 0 Å². The van der Waals surface area contributed by atoms with Crippen LogP contribution in [0.25, 0.3) is 0 Å². The van der Waals surface area contributed by atoms with Gasteiger partial charge in [0.15, 0.2) is 0 Å². The molecule has 116 valence electrons. The first kappa shape index (κ1) is 15.3. The molecule has 1 aromatic rings.